The number of hydrogen-bond acceptors (Lipinski definition) is 3. The van der Waals surface area contributed by atoms with Gasteiger partial charge in [0.05, 0.1) is 25.9 Å². The number of rotatable bonds is 5. The van der Waals surface area contributed by atoms with E-state index in [2.05, 4.69) is 5.32 Å². The summed E-state index contributed by atoms with van der Waals surface area (Å²) in [5.41, 5.74) is 0.655. The minimum atomic E-state index is -0.220. The average molecular weight is 360 g/mol. The van der Waals surface area contributed by atoms with E-state index in [0.29, 0.717) is 22.9 Å². The molecule has 4 rings (SSSR count). The van der Waals surface area contributed by atoms with Crippen LogP contribution in [0.15, 0.2) is 51.5 Å². The molecule has 0 aliphatic carbocycles. The van der Waals surface area contributed by atoms with Crippen molar-refractivity contribution in [2.24, 2.45) is 0 Å². The molecule has 1 aliphatic rings. The number of fused-ring (bicyclic) bond motifs is 1. The first-order chi connectivity index (χ1) is 12.2. The number of benzene rings is 1. The Morgan fingerprint density at radius 2 is 2.08 bits per heavy atom. The first-order valence-corrected chi connectivity index (χ1v) is 8.94. The minimum absolute atomic E-state index is 0.125. The number of carbonyl (C=O) groups excluding carboxylic acids is 1. The van der Waals surface area contributed by atoms with E-state index in [9.17, 15) is 4.79 Å². The Morgan fingerprint density at radius 3 is 2.84 bits per heavy atom. The van der Waals surface area contributed by atoms with Crippen LogP contribution in [0.5, 0.6) is 0 Å². The summed E-state index contributed by atoms with van der Waals surface area (Å²) in [5.74, 6) is 0.989. The standard InChI is InChI=1S/C19H19ClN2O3/c20-14-5-6-16-13(10-14)11-18(25-16)19(23)21-12-15(17-4-3-9-24-17)22-7-1-2-8-22/h3-6,9-11,15H,1-2,7-8,12H2,(H,21,23)/p+1/t15-/m0/s1. The Morgan fingerprint density at radius 1 is 1.24 bits per heavy atom. The highest BCUT2D eigenvalue weighted by molar-refractivity contribution is 6.31. The minimum Gasteiger partial charge on any atom is -0.463 e. The zero-order valence-electron chi connectivity index (χ0n) is 13.8. The molecule has 1 saturated heterocycles. The molecule has 1 aliphatic heterocycles. The number of quaternary nitrogens is 1. The van der Waals surface area contributed by atoms with Crippen molar-refractivity contribution in [3.63, 3.8) is 0 Å². The lowest BCUT2D eigenvalue weighted by Gasteiger charge is -2.22. The third-order valence-electron chi connectivity index (χ3n) is 4.79. The van der Waals surface area contributed by atoms with Gasteiger partial charge < -0.3 is 19.1 Å². The van der Waals surface area contributed by atoms with Crippen LogP contribution in [0.4, 0.5) is 0 Å². The highest BCUT2D eigenvalue weighted by Crippen LogP contribution is 2.23. The van der Waals surface area contributed by atoms with Crippen molar-refractivity contribution in [1.82, 2.24) is 5.32 Å². The number of furan rings is 2. The summed E-state index contributed by atoms with van der Waals surface area (Å²) in [5, 5.41) is 4.44. The van der Waals surface area contributed by atoms with E-state index in [1.54, 1.807) is 30.5 Å². The van der Waals surface area contributed by atoms with Crippen LogP contribution in [-0.2, 0) is 0 Å². The molecule has 1 fully saturated rings. The summed E-state index contributed by atoms with van der Waals surface area (Å²) in [6.07, 6.45) is 4.11. The molecule has 1 amide bonds. The predicted molar refractivity (Wildman–Crippen MR) is 94.9 cm³/mol. The van der Waals surface area contributed by atoms with E-state index in [1.165, 1.54) is 17.7 Å². The van der Waals surface area contributed by atoms with Crippen molar-refractivity contribution < 1.29 is 18.5 Å². The van der Waals surface area contributed by atoms with Gasteiger partial charge in [0.1, 0.15) is 5.58 Å². The summed E-state index contributed by atoms with van der Waals surface area (Å²) in [7, 11) is 0. The number of nitrogens with one attached hydrogen (secondary N) is 2. The Kier molecular flexibility index (Phi) is 4.51. The topological polar surface area (TPSA) is 59.8 Å². The molecular weight excluding hydrogens is 340 g/mol. The maximum Gasteiger partial charge on any atom is 0.287 e. The highest BCUT2D eigenvalue weighted by Gasteiger charge is 2.30. The largest absolute Gasteiger partial charge is 0.463 e. The van der Waals surface area contributed by atoms with E-state index in [4.69, 9.17) is 20.4 Å². The molecule has 2 aromatic heterocycles. The number of hydrogen-bond donors (Lipinski definition) is 2. The van der Waals surface area contributed by atoms with Gasteiger partial charge in [-0.3, -0.25) is 4.79 Å². The van der Waals surface area contributed by atoms with E-state index in [1.807, 2.05) is 12.1 Å². The fourth-order valence-corrected chi connectivity index (χ4v) is 3.70. The van der Waals surface area contributed by atoms with Gasteiger partial charge in [0.2, 0.25) is 0 Å². The van der Waals surface area contributed by atoms with Crippen LogP contribution in [0.3, 0.4) is 0 Å². The zero-order chi connectivity index (χ0) is 17.2. The molecule has 0 bridgehead atoms. The van der Waals surface area contributed by atoms with Gasteiger partial charge in [-0.25, -0.2) is 0 Å². The average Bonchev–Trinajstić information content (AvgIpc) is 3.36. The van der Waals surface area contributed by atoms with Crippen LogP contribution in [-0.4, -0.2) is 25.5 Å². The second-order valence-electron chi connectivity index (χ2n) is 6.44. The number of likely N-dealkylation sites (tertiary alicyclic amines) is 1. The molecule has 6 heteroatoms. The molecule has 5 nitrogen and oxygen atoms in total. The summed E-state index contributed by atoms with van der Waals surface area (Å²) < 4.78 is 11.2. The first kappa shape index (κ1) is 16.2. The fraction of sp³-hybridized carbons (Fsp3) is 0.316. The van der Waals surface area contributed by atoms with Crippen molar-refractivity contribution in [2.45, 2.75) is 18.9 Å². The summed E-state index contributed by atoms with van der Waals surface area (Å²) in [4.78, 5) is 14.0. The van der Waals surface area contributed by atoms with Crippen LogP contribution < -0.4 is 10.2 Å². The van der Waals surface area contributed by atoms with Crippen LogP contribution in [0, 0.1) is 0 Å². The molecular formula is C19H20ClN2O3+. The molecule has 0 saturated carbocycles. The van der Waals surface area contributed by atoms with Crippen molar-refractivity contribution in [2.75, 3.05) is 19.6 Å². The Bertz CT molecular complexity index is 866. The van der Waals surface area contributed by atoms with Crippen LogP contribution in [0.2, 0.25) is 5.02 Å². The van der Waals surface area contributed by atoms with Gasteiger partial charge in [-0.1, -0.05) is 11.6 Å². The van der Waals surface area contributed by atoms with Crippen LogP contribution in [0.1, 0.15) is 35.2 Å². The second-order valence-corrected chi connectivity index (χ2v) is 6.87. The lowest BCUT2D eigenvalue weighted by molar-refractivity contribution is -0.919. The quantitative estimate of drug-likeness (QED) is 0.736. The van der Waals surface area contributed by atoms with Gasteiger partial charge >= 0.3 is 0 Å². The maximum atomic E-state index is 12.5. The maximum absolute atomic E-state index is 12.5. The lowest BCUT2D eigenvalue weighted by Crippen LogP contribution is -3.11. The predicted octanol–water partition coefficient (Wildman–Crippen LogP) is 2.83. The smallest absolute Gasteiger partial charge is 0.287 e. The van der Waals surface area contributed by atoms with Gasteiger partial charge in [-0.2, -0.15) is 0 Å². The van der Waals surface area contributed by atoms with Crippen molar-refractivity contribution in [1.29, 1.82) is 0 Å². The number of halogens is 1. The molecule has 2 N–H and O–H groups in total. The van der Waals surface area contributed by atoms with Gasteiger partial charge in [-0.05, 0) is 36.4 Å². The van der Waals surface area contributed by atoms with Crippen molar-refractivity contribution >= 4 is 28.5 Å². The Balaban J connectivity index is 1.48. The molecule has 0 unspecified atom stereocenters. The Labute approximate surface area is 150 Å². The van der Waals surface area contributed by atoms with Crippen molar-refractivity contribution in [3.8, 4) is 0 Å². The van der Waals surface area contributed by atoms with Gasteiger partial charge in [0.15, 0.2) is 17.6 Å². The molecule has 1 atom stereocenters. The molecule has 0 spiro atoms. The highest BCUT2D eigenvalue weighted by atomic mass is 35.5. The molecule has 3 aromatic rings. The lowest BCUT2D eigenvalue weighted by atomic mass is 10.2. The number of carbonyl (C=O) groups is 1. The Hall–Kier alpha value is -2.24. The van der Waals surface area contributed by atoms with Gasteiger partial charge in [-0.15, -0.1) is 0 Å². The molecule has 25 heavy (non-hydrogen) atoms. The van der Waals surface area contributed by atoms with E-state index < -0.39 is 0 Å². The summed E-state index contributed by atoms with van der Waals surface area (Å²) >= 11 is 5.98. The third-order valence-corrected chi connectivity index (χ3v) is 5.03. The van der Waals surface area contributed by atoms with Crippen molar-refractivity contribution in [3.05, 3.63) is 59.2 Å². The monoisotopic (exact) mass is 359 g/mol. The third kappa shape index (κ3) is 3.43. The summed E-state index contributed by atoms with van der Waals surface area (Å²) in [6.45, 7) is 2.72. The first-order valence-electron chi connectivity index (χ1n) is 8.56. The zero-order valence-corrected chi connectivity index (χ0v) is 14.5. The van der Waals surface area contributed by atoms with Gasteiger partial charge in [0, 0.05) is 23.3 Å². The molecule has 0 radical (unpaired) electrons. The van der Waals surface area contributed by atoms with Gasteiger partial charge in [0.25, 0.3) is 5.91 Å². The van der Waals surface area contributed by atoms with Crippen LogP contribution in [0.25, 0.3) is 11.0 Å². The summed E-state index contributed by atoms with van der Waals surface area (Å²) in [6, 6.07) is 11.0. The molecule has 130 valence electrons. The molecule has 3 heterocycles. The van der Waals surface area contributed by atoms with E-state index in [0.717, 1.165) is 24.2 Å². The number of amides is 1. The second kappa shape index (κ2) is 6.94. The normalized spacial score (nSPS) is 16.4. The van der Waals surface area contributed by atoms with Crippen LogP contribution >= 0.6 is 11.6 Å². The van der Waals surface area contributed by atoms with E-state index >= 15 is 0 Å². The fourth-order valence-electron chi connectivity index (χ4n) is 3.52. The van der Waals surface area contributed by atoms with E-state index in [-0.39, 0.29) is 11.9 Å². The SMILES string of the molecule is O=C(NC[C@@H](c1ccco1)[NH+]1CCCC1)c1cc2cc(Cl)ccc2o1. The molecule has 1 aromatic carbocycles.